The number of rotatable bonds is 4. The van der Waals surface area contributed by atoms with Gasteiger partial charge in [0.25, 0.3) is 0 Å². The summed E-state index contributed by atoms with van der Waals surface area (Å²) in [6.45, 7) is 14.0. The Balaban J connectivity index is 2.40. The molecule has 1 heterocycles. The third kappa shape index (κ3) is 3.86. The summed E-state index contributed by atoms with van der Waals surface area (Å²) in [5.74, 6) is 0.706. The third-order valence-electron chi connectivity index (χ3n) is 4.21. The molecule has 0 atom stereocenters. The van der Waals surface area contributed by atoms with E-state index in [2.05, 4.69) is 88.6 Å². The summed E-state index contributed by atoms with van der Waals surface area (Å²) in [5, 5.41) is 1.51. The summed E-state index contributed by atoms with van der Waals surface area (Å²) in [4.78, 5) is 0. The zero-order valence-electron chi connectivity index (χ0n) is 15.2. The number of aromatic nitrogens is 1. The number of hydrogen-bond acceptors (Lipinski definition) is 0. The highest BCUT2D eigenvalue weighted by Gasteiger charge is 2.21. The summed E-state index contributed by atoms with van der Waals surface area (Å²) < 4.78 is 2.29. The van der Waals surface area contributed by atoms with Crippen molar-refractivity contribution in [1.82, 2.24) is 0 Å². The Morgan fingerprint density at radius 1 is 1.05 bits per heavy atom. The van der Waals surface area contributed by atoms with Crippen molar-refractivity contribution in [2.75, 3.05) is 0 Å². The van der Waals surface area contributed by atoms with Crippen molar-refractivity contribution in [2.45, 2.75) is 46.8 Å². The van der Waals surface area contributed by atoms with E-state index in [1.54, 1.807) is 0 Å². The molecule has 1 aromatic carbocycles. The molecule has 0 N–H and O–H groups in total. The molecule has 2 heteroatoms. The zero-order chi connectivity index (χ0) is 16.5. The van der Waals surface area contributed by atoms with E-state index in [4.69, 9.17) is 0 Å². The second kappa shape index (κ2) is 6.37. The summed E-state index contributed by atoms with van der Waals surface area (Å²) >= 11 is 0. The van der Waals surface area contributed by atoms with E-state index < -0.39 is 8.07 Å². The highest BCUT2D eigenvalue weighted by atomic mass is 28.3. The summed E-state index contributed by atoms with van der Waals surface area (Å²) in [6, 6.07) is 11.5. The average Bonchev–Trinajstić information content (AvgIpc) is 2.37. The minimum Gasteiger partial charge on any atom is -0.201 e. The lowest BCUT2D eigenvalue weighted by Gasteiger charge is -2.15. The molecule has 0 aliphatic rings. The quantitative estimate of drug-likeness (QED) is 0.587. The molecule has 0 saturated heterocycles. The Morgan fingerprint density at radius 3 is 2.23 bits per heavy atom. The molecular formula is C20H30NSi+. The fourth-order valence-electron chi connectivity index (χ4n) is 2.94. The third-order valence-corrected chi connectivity index (χ3v) is 6.24. The predicted molar refractivity (Wildman–Crippen MR) is 99.3 cm³/mol. The highest BCUT2D eigenvalue weighted by molar-refractivity contribution is 6.88. The smallest absolute Gasteiger partial charge is 0.201 e. The molecule has 1 nitrogen and oxygen atoms in total. The van der Waals surface area contributed by atoms with Crippen LogP contribution < -0.4 is 9.75 Å². The van der Waals surface area contributed by atoms with Crippen molar-refractivity contribution in [1.29, 1.82) is 0 Å². The largest absolute Gasteiger partial charge is 0.212 e. The van der Waals surface area contributed by atoms with Crippen LogP contribution in [0.25, 0.3) is 11.3 Å². The van der Waals surface area contributed by atoms with Gasteiger partial charge in [-0.15, -0.1) is 0 Å². The molecule has 0 amide bonds. The Bertz CT molecular complexity index is 666. The molecule has 1 aromatic heterocycles. The van der Waals surface area contributed by atoms with Gasteiger partial charge in [-0.2, -0.15) is 0 Å². The second-order valence-electron chi connectivity index (χ2n) is 7.91. The fraction of sp³-hybridized carbons (Fsp3) is 0.450. The lowest BCUT2D eigenvalue weighted by molar-refractivity contribution is -0.659. The Labute approximate surface area is 137 Å². The van der Waals surface area contributed by atoms with Crippen molar-refractivity contribution >= 4 is 13.3 Å². The molecule has 0 radical (unpaired) electrons. The van der Waals surface area contributed by atoms with E-state index in [0.717, 1.165) is 6.42 Å². The fourth-order valence-corrected chi connectivity index (χ4v) is 4.11. The van der Waals surface area contributed by atoms with Crippen molar-refractivity contribution in [3.63, 3.8) is 0 Å². The number of pyridine rings is 1. The maximum Gasteiger partial charge on any atom is 0.212 e. The molecule has 0 saturated carbocycles. The number of hydrogen-bond donors (Lipinski definition) is 0. The number of aryl methyl sites for hydroxylation is 2. The average molecular weight is 313 g/mol. The standard InChI is InChI=1S/C20H30NSi/c1-15(2)12-17-8-10-19(16(3)13-17)20-11-9-18(14-21(20)4)22(5,6)7/h8-11,13-15H,12H2,1-7H3/q+1. The van der Waals surface area contributed by atoms with E-state index in [0.29, 0.717) is 5.92 Å². The van der Waals surface area contributed by atoms with Gasteiger partial charge in [-0.1, -0.05) is 51.7 Å². The van der Waals surface area contributed by atoms with Crippen LogP contribution in [0.2, 0.25) is 19.6 Å². The molecule has 118 valence electrons. The zero-order valence-corrected chi connectivity index (χ0v) is 16.2. The van der Waals surface area contributed by atoms with E-state index in [9.17, 15) is 0 Å². The van der Waals surface area contributed by atoms with Crippen LogP contribution in [0.15, 0.2) is 36.5 Å². The Morgan fingerprint density at radius 2 is 1.73 bits per heavy atom. The molecule has 0 bridgehead atoms. The minimum absolute atomic E-state index is 0.706. The predicted octanol–water partition coefficient (Wildman–Crippen LogP) is 4.23. The molecule has 0 aliphatic carbocycles. The van der Waals surface area contributed by atoms with Gasteiger partial charge in [-0.25, -0.2) is 4.57 Å². The van der Waals surface area contributed by atoms with Gasteiger partial charge in [-0.05, 0) is 36.5 Å². The highest BCUT2D eigenvalue weighted by Crippen LogP contribution is 2.22. The van der Waals surface area contributed by atoms with Gasteiger partial charge in [0, 0.05) is 16.8 Å². The molecule has 2 aromatic rings. The lowest BCUT2D eigenvalue weighted by Crippen LogP contribution is -2.44. The molecule has 0 fully saturated rings. The van der Waals surface area contributed by atoms with Crippen molar-refractivity contribution in [3.8, 4) is 11.3 Å². The number of nitrogens with zero attached hydrogens (tertiary/aromatic N) is 1. The summed E-state index contributed by atoms with van der Waals surface area (Å²) in [5.41, 5.74) is 5.46. The van der Waals surface area contributed by atoms with Crippen molar-refractivity contribution < 1.29 is 4.57 Å². The van der Waals surface area contributed by atoms with Crippen LogP contribution >= 0.6 is 0 Å². The van der Waals surface area contributed by atoms with Crippen molar-refractivity contribution in [2.24, 2.45) is 13.0 Å². The molecule has 0 unspecified atom stereocenters. The Hall–Kier alpha value is -1.41. The number of benzene rings is 1. The van der Waals surface area contributed by atoms with Crippen LogP contribution in [-0.2, 0) is 13.5 Å². The summed E-state index contributed by atoms with van der Waals surface area (Å²) in [6.07, 6.45) is 3.48. The molecular weight excluding hydrogens is 282 g/mol. The molecule has 0 aliphatic heterocycles. The first kappa shape index (κ1) is 16.9. The van der Waals surface area contributed by atoms with Gasteiger partial charge in [0.05, 0.1) is 8.07 Å². The second-order valence-corrected chi connectivity index (χ2v) is 13.0. The van der Waals surface area contributed by atoms with Gasteiger partial charge in [0.2, 0.25) is 5.69 Å². The van der Waals surface area contributed by atoms with Crippen LogP contribution in [0.3, 0.4) is 0 Å². The Kier molecular flexibility index (Phi) is 4.91. The topological polar surface area (TPSA) is 3.88 Å². The van der Waals surface area contributed by atoms with Crippen molar-refractivity contribution in [3.05, 3.63) is 47.7 Å². The van der Waals surface area contributed by atoms with E-state index in [1.807, 2.05) is 0 Å². The normalized spacial score (nSPS) is 12.0. The monoisotopic (exact) mass is 312 g/mol. The maximum atomic E-state index is 2.40. The van der Waals surface area contributed by atoms with E-state index in [-0.39, 0.29) is 0 Å². The van der Waals surface area contributed by atoms with Crippen LogP contribution in [0, 0.1) is 12.8 Å². The van der Waals surface area contributed by atoms with Gasteiger partial charge in [-0.3, -0.25) is 0 Å². The van der Waals surface area contributed by atoms with E-state index >= 15 is 0 Å². The van der Waals surface area contributed by atoms with Crippen LogP contribution in [0.5, 0.6) is 0 Å². The van der Waals surface area contributed by atoms with Gasteiger partial charge in [0.1, 0.15) is 7.05 Å². The maximum absolute atomic E-state index is 2.40. The SMILES string of the molecule is Cc1cc(CC(C)C)ccc1-c1ccc([Si](C)(C)C)c[n+]1C. The van der Waals surface area contributed by atoms with Crippen LogP contribution in [0.4, 0.5) is 0 Å². The van der Waals surface area contributed by atoms with Gasteiger partial charge < -0.3 is 0 Å². The minimum atomic E-state index is -1.25. The molecule has 22 heavy (non-hydrogen) atoms. The molecule has 0 spiro atoms. The molecule has 2 rings (SSSR count). The van der Waals surface area contributed by atoms with Gasteiger partial charge >= 0.3 is 0 Å². The summed E-state index contributed by atoms with van der Waals surface area (Å²) in [7, 11) is 0.917. The van der Waals surface area contributed by atoms with Crippen LogP contribution in [0.1, 0.15) is 25.0 Å². The van der Waals surface area contributed by atoms with E-state index in [1.165, 1.54) is 27.6 Å². The van der Waals surface area contributed by atoms with Crippen LogP contribution in [-0.4, -0.2) is 8.07 Å². The first-order valence-corrected chi connectivity index (χ1v) is 11.8. The first-order valence-electron chi connectivity index (χ1n) is 8.28. The van der Waals surface area contributed by atoms with Gasteiger partial charge in [0.15, 0.2) is 6.20 Å². The first-order chi connectivity index (χ1) is 10.2. The lowest BCUT2D eigenvalue weighted by atomic mass is 9.97.